The number of rotatable bonds is 5. The molecule has 36 heavy (non-hydrogen) atoms. The number of thiazole rings is 1. The molecule has 1 aromatic heterocycles. The van der Waals surface area contributed by atoms with E-state index in [9.17, 15) is 14.0 Å². The second-order valence-electron chi connectivity index (χ2n) is 8.04. The van der Waals surface area contributed by atoms with Crippen LogP contribution in [0.1, 0.15) is 29.7 Å². The Morgan fingerprint density at radius 1 is 1.11 bits per heavy atom. The first-order valence-corrected chi connectivity index (χ1v) is 13.2. The summed E-state index contributed by atoms with van der Waals surface area (Å²) in [5, 5.41) is 0. The van der Waals surface area contributed by atoms with E-state index in [1.54, 1.807) is 19.1 Å². The highest BCUT2D eigenvalue weighted by Gasteiger charge is 2.35. The average Bonchev–Trinajstić information content (AvgIpc) is 3.19. The van der Waals surface area contributed by atoms with Crippen molar-refractivity contribution in [3.63, 3.8) is 0 Å². The summed E-state index contributed by atoms with van der Waals surface area (Å²) in [6, 6.07) is 22.1. The number of carbonyl (C=O) groups is 1. The lowest BCUT2D eigenvalue weighted by Crippen LogP contribution is -2.40. The molecule has 0 fully saturated rings. The van der Waals surface area contributed by atoms with Crippen LogP contribution in [0.15, 0.2) is 94.2 Å². The number of fused-ring (bicyclic) bond motifs is 1. The number of ether oxygens (including phenoxy) is 1. The number of nitrogens with zero attached hydrogens (tertiary/aromatic N) is 2. The Morgan fingerprint density at radius 2 is 1.86 bits per heavy atom. The lowest BCUT2D eigenvalue weighted by Gasteiger charge is -2.25. The van der Waals surface area contributed by atoms with E-state index in [0.717, 1.165) is 14.7 Å². The maximum Gasteiger partial charge on any atom is 0.338 e. The van der Waals surface area contributed by atoms with Gasteiger partial charge in [0.1, 0.15) is 5.82 Å². The van der Waals surface area contributed by atoms with Gasteiger partial charge in [0.25, 0.3) is 5.56 Å². The van der Waals surface area contributed by atoms with Crippen molar-refractivity contribution in [3.05, 3.63) is 130 Å². The molecule has 0 saturated heterocycles. The van der Waals surface area contributed by atoms with Crippen molar-refractivity contribution < 1.29 is 13.9 Å². The number of benzene rings is 3. The third-order valence-electron chi connectivity index (χ3n) is 5.71. The highest BCUT2D eigenvalue weighted by molar-refractivity contribution is 14.1. The van der Waals surface area contributed by atoms with Crippen LogP contribution in [0.5, 0.6) is 0 Å². The Labute approximate surface area is 224 Å². The first-order valence-electron chi connectivity index (χ1n) is 11.3. The largest absolute Gasteiger partial charge is 0.463 e. The number of hydrogen-bond donors (Lipinski definition) is 0. The van der Waals surface area contributed by atoms with Gasteiger partial charge < -0.3 is 4.74 Å². The average molecular weight is 610 g/mol. The number of hydrogen-bond acceptors (Lipinski definition) is 5. The molecule has 3 aromatic carbocycles. The van der Waals surface area contributed by atoms with Crippen LogP contribution in [-0.4, -0.2) is 17.1 Å². The molecule has 0 aliphatic carbocycles. The summed E-state index contributed by atoms with van der Waals surface area (Å²) in [5.41, 5.74) is 2.60. The fraction of sp³-hybridized carbons (Fsp3) is 0.107. The summed E-state index contributed by atoms with van der Waals surface area (Å²) in [4.78, 5) is 32.4. The van der Waals surface area contributed by atoms with Crippen LogP contribution in [0.25, 0.3) is 11.8 Å². The minimum absolute atomic E-state index is 0.164. The van der Waals surface area contributed by atoms with Gasteiger partial charge in [0.2, 0.25) is 0 Å². The van der Waals surface area contributed by atoms with Crippen molar-refractivity contribution in [1.82, 2.24) is 4.57 Å². The van der Waals surface area contributed by atoms with Gasteiger partial charge in [0.15, 0.2) is 4.80 Å². The van der Waals surface area contributed by atoms with Crippen LogP contribution < -0.4 is 14.9 Å². The van der Waals surface area contributed by atoms with E-state index < -0.39 is 17.8 Å². The van der Waals surface area contributed by atoms with Crippen LogP contribution in [0.4, 0.5) is 4.39 Å². The molecule has 5 rings (SSSR count). The molecule has 0 saturated carbocycles. The van der Waals surface area contributed by atoms with E-state index in [4.69, 9.17) is 9.73 Å². The Balaban J connectivity index is 1.83. The molecular weight excluding hydrogens is 590 g/mol. The zero-order valence-electron chi connectivity index (χ0n) is 19.2. The molecule has 4 aromatic rings. The monoisotopic (exact) mass is 610 g/mol. The Bertz CT molecular complexity index is 1660. The Hall–Kier alpha value is -3.37. The maximum absolute atomic E-state index is 13.8. The van der Waals surface area contributed by atoms with E-state index in [2.05, 4.69) is 22.6 Å². The van der Waals surface area contributed by atoms with E-state index in [1.165, 1.54) is 28.0 Å². The van der Waals surface area contributed by atoms with Gasteiger partial charge in [0.05, 0.1) is 28.5 Å². The predicted molar refractivity (Wildman–Crippen MR) is 147 cm³/mol. The second kappa shape index (κ2) is 10.3. The third kappa shape index (κ3) is 4.70. The number of esters is 1. The molecule has 0 unspecified atom stereocenters. The summed E-state index contributed by atoms with van der Waals surface area (Å²) in [6.45, 7) is 1.89. The molecule has 2 heterocycles. The summed E-state index contributed by atoms with van der Waals surface area (Å²) >= 11 is 3.48. The molecule has 5 nitrogen and oxygen atoms in total. The van der Waals surface area contributed by atoms with Crippen LogP contribution >= 0.6 is 33.9 Å². The molecule has 8 heteroatoms. The van der Waals surface area contributed by atoms with Crippen molar-refractivity contribution in [2.75, 3.05) is 6.61 Å². The fourth-order valence-corrected chi connectivity index (χ4v) is 5.72. The summed E-state index contributed by atoms with van der Waals surface area (Å²) in [5.74, 6) is -0.976. The molecule has 1 aliphatic heterocycles. The van der Waals surface area contributed by atoms with E-state index in [0.29, 0.717) is 20.6 Å². The van der Waals surface area contributed by atoms with Gasteiger partial charge in [-0.05, 0) is 71.0 Å². The second-order valence-corrected chi connectivity index (χ2v) is 10.3. The topological polar surface area (TPSA) is 60.7 Å². The number of halogens is 2. The molecule has 180 valence electrons. The third-order valence-corrected chi connectivity index (χ3v) is 7.36. The van der Waals surface area contributed by atoms with Crippen LogP contribution in [0.3, 0.4) is 0 Å². The first-order chi connectivity index (χ1) is 17.5. The van der Waals surface area contributed by atoms with Crippen molar-refractivity contribution in [2.24, 2.45) is 4.99 Å². The van der Waals surface area contributed by atoms with Gasteiger partial charge in [0, 0.05) is 9.13 Å². The fourth-order valence-electron chi connectivity index (χ4n) is 4.15. The lowest BCUT2D eigenvalue weighted by molar-refractivity contribution is -0.138. The molecule has 0 amide bonds. The quantitative estimate of drug-likeness (QED) is 0.244. The lowest BCUT2D eigenvalue weighted by atomic mass is 9.93. The van der Waals surface area contributed by atoms with Gasteiger partial charge in [-0.2, -0.15) is 0 Å². The highest BCUT2D eigenvalue weighted by Crippen LogP contribution is 2.35. The Kier molecular flexibility index (Phi) is 6.97. The van der Waals surface area contributed by atoms with E-state index >= 15 is 0 Å². The van der Waals surface area contributed by atoms with Gasteiger partial charge in [-0.15, -0.1) is 0 Å². The normalized spacial score (nSPS) is 15.4. The zero-order chi connectivity index (χ0) is 25.2. The molecule has 0 spiro atoms. The van der Waals surface area contributed by atoms with Gasteiger partial charge >= 0.3 is 5.97 Å². The van der Waals surface area contributed by atoms with E-state index in [1.807, 2.05) is 60.7 Å². The van der Waals surface area contributed by atoms with Gasteiger partial charge in [-0.1, -0.05) is 65.9 Å². The van der Waals surface area contributed by atoms with Crippen LogP contribution in [-0.2, 0) is 9.53 Å². The van der Waals surface area contributed by atoms with Crippen molar-refractivity contribution in [1.29, 1.82) is 0 Å². The molecular formula is C28H20FIN2O3S. The zero-order valence-corrected chi connectivity index (χ0v) is 22.1. The van der Waals surface area contributed by atoms with Crippen molar-refractivity contribution in [3.8, 4) is 0 Å². The van der Waals surface area contributed by atoms with Crippen LogP contribution in [0, 0.1) is 9.39 Å². The summed E-state index contributed by atoms with van der Waals surface area (Å²) in [6.07, 6.45) is 1.82. The summed E-state index contributed by atoms with van der Waals surface area (Å²) < 4.78 is 22.3. The number of aromatic nitrogens is 1. The summed E-state index contributed by atoms with van der Waals surface area (Å²) in [7, 11) is 0. The SMILES string of the molecule is CCOC(=O)C1=C(c2ccccc2)N=c2s/c(=C/c3cccc(I)c3)c(=O)n2[C@@H]1c1ccc(F)cc1. The predicted octanol–water partition coefficient (Wildman–Crippen LogP) is 4.68. The molecule has 1 atom stereocenters. The molecule has 0 bridgehead atoms. The van der Waals surface area contributed by atoms with Crippen LogP contribution in [0.2, 0.25) is 0 Å². The highest BCUT2D eigenvalue weighted by atomic mass is 127. The van der Waals surface area contributed by atoms with Crippen molar-refractivity contribution >= 4 is 51.7 Å². The molecule has 0 radical (unpaired) electrons. The number of carbonyl (C=O) groups excluding carboxylic acids is 1. The molecule has 0 N–H and O–H groups in total. The maximum atomic E-state index is 13.8. The minimum Gasteiger partial charge on any atom is -0.463 e. The van der Waals surface area contributed by atoms with Gasteiger partial charge in [-0.3, -0.25) is 9.36 Å². The van der Waals surface area contributed by atoms with Gasteiger partial charge in [-0.25, -0.2) is 14.2 Å². The molecule has 1 aliphatic rings. The first kappa shape index (κ1) is 24.3. The Morgan fingerprint density at radius 3 is 2.56 bits per heavy atom. The van der Waals surface area contributed by atoms with Crippen molar-refractivity contribution in [2.45, 2.75) is 13.0 Å². The smallest absolute Gasteiger partial charge is 0.338 e. The van der Waals surface area contributed by atoms with E-state index in [-0.39, 0.29) is 17.7 Å². The standard InChI is InChI=1S/C28H20FIN2O3S/c1-2-35-27(34)23-24(18-8-4-3-5-9-18)31-28-32(25(23)19-11-13-20(29)14-12-19)26(33)22(36-28)16-17-7-6-10-21(30)15-17/h3-16,25H,2H2,1H3/b22-16+/t25-/m1/s1. The minimum atomic E-state index is -0.825.